The Morgan fingerprint density at radius 1 is 0.533 bits per heavy atom. The van der Waals surface area contributed by atoms with Crippen LogP contribution in [0.3, 0.4) is 0 Å². The molecule has 0 bridgehead atoms. The van der Waals surface area contributed by atoms with Gasteiger partial charge in [-0.25, -0.2) is 0 Å². The lowest BCUT2D eigenvalue weighted by Crippen LogP contribution is -1.99. The van der Waals surface area contributed by atoms with Crippen molar-refractivity contribution in [3.05, 3.63) is 48.0 Å². The highest BCUT2D eigenvalue weighted by Gasteiger charge is 2.10. The minimum Gasteiger partial charge on any atom is -0.0885 e. The van der Waals surface area contributed by atoms with Crippen LogP contribution in [0.1, 0.15) is 147 Å². The van der Waals surface area contributed by atoms with E-state index >= 15 is 0 Å². The second-order valence-electron chi connectivity index (χ2n) is 9.33. The number of hydrogen-bond acceptors (Lipinski definition) is 0. The average molecular weight is 413 g/mol. The largest absolute Gasteiger partial charge is 0.0885 e. The quantitative estimate of drug-likeness (QED) is 0.139. The van der Waals surface area contributed by atoms with Crippen molar-refractivity contribution in [2.24, 2.45) is 0 Å². The van der Waals surface area contributed by atoms with Gasteiger partial charge in [-0.15, -0.1) is 0 Å². The summed E-state index contributed by atoms with van der Waals surface area (Å²) in [5, 5.41) is 0. The van der Waals surface area contributed by atoms with E-state index in [0.29, 0.717) is 0 Å². The first kappa shape index (κ1) is 27.0. The Morgan fingerprint density at radius 2 is 0.967 bits per heavy atom. The Hall–Kier alpha value is -1.04. The highest BCUT2D eigenvalue weighted by molar-refractivity contribution is 5.19. The van der Waals surface area contributed by atoms with Gasteiger partial charge in [0, 0.05) is 0 Å². The molecule has 0 fully saturated rings. The standard InChI is InChI=1S/C30H52/c1-3-5-7-8-9-10-11-12-13-14-15-16-17-18-19-22-26-29(25-21-6-4-2)30-27-23-20-24-28-30/h12-13,20,23-24,27-29H,3-11,14-19,21-22,25-26H2,1-2H3/b13-12-. The Labute approximate surface area is 190 Å². The Morgan fingerprint density at radius 3 is 1.53 bits per heavy atom. The Balaban J connectivity index is 1.97. The van der Waals surface area contributed by atoms with Gasteiger partial charge in [0.05, 0.1) is 0 Å². The fraction of sp³-hybridized carbons (Fsp3) is 0.733. The molecule has 1 aromatic rings. The number of unbranched alkanes of at least 4 members (excludes halogenated alkanes) is 14. The van der Waals surface area contributed by atoms with Crippen molar-refractivity contribution in [2.45, 2.75) is 142 Å². The van der Waals surface area contributed by atoms with E-state index in [1.165, 1.54) is 122 Å². The van der Waals surface area contributed by atoms with E-state index in [4.69, 9.17) is 0 Å². The van der Waals surface area contributed by atoms with Crippen LogP contribution in [-0.4, -0.2) is 0 Å². The predicted octanol–water partition coefficient (Wildman–Crippen LogP) is 10.8. The maximum absolute atomic E-state index is 2.44. The van der Waals surface area contributed by atoms with E-state index in [9.17, 15) is 0 Å². The maximum Gasteiger partial charge on any atom is -0.0162 e. The van der Waals surface area contributed by atoms with Gasteiger partial charge in [0.2, 0.25) is 0 Å². The first-order valence-corrected chi connectivity index (χ1v) is 13.6. The van der Waals surface area contributed by atoms with Crippen LogP contribution in [0.2, 0.25) is 0 Å². The van der Waals surface area contributed by atoms with Crippen LogP contribution < -0.4 is 0 Å². The van der Waals surface area contributed by atoms with E-state index in [1.54, 1.807) is 5.56 Å². The van der Waals surface area contributed by atoms with E-state index in [0.717, 1.165) is 5.92 Å². The highest BCUT2D eigenvalue weighted by Crippen LogP contribution is 2.28. The third-order valence-electron chi connectivity index (χ3n) is 6.49. The summed E-state index contributed by atoms with van der Waals surface area (Å²) in [6.07, 6.45) is 31.3. The van der Waals surface area contributed by atoms with Crippen LogP contribution in [0.4, 0.5) is 0 Å². The van der Waals surface area contributed by atoms with Crippen LogP contribution in [-0.2, 0) is 0 Å². The summed E-state index contributed by atoms with van der Waals surface area (Å²) in [7, 11) is 0. The lowest BCUT2D eigenvalue weighted by molar-refractivity contribution is 0.494. The average Bonchev–Trinajstić information content (AvgIpc) is 2.78. The van der Waals surface area contributed by atoms with Gasteiger partial charge in [-0.3, -0.25) is 0 Å². The molecular formula is C30H52. The molecule has 0 N–H and O–H groups in total. The van der Waals surface area contributed by atoms with E-state index in [1.807, 2.05) is 0 Å². The number of hydrogen-bond donors (Lipinski definition) is 0. The molecule has 172 valence electrons. The molecule has 0 saturated carbocycles. The zero-order chi connectivity index (χ0) is 21.5. The van der Waals surface area contributed by atoms with Crippen LogP contribution in [0.15, 0.2) is 42.5 Å². The molecule has 1 aromatic carbocycles. The second-order valence-corrected chi connectivity index (χ2v) is 9.33. The van der Waals surface area contributed by atoms with E-state index < -0.39 is 0 Å². The summed E-state index contributed by atoms with van der Waals surface area (Å²) in [5.74, 6) is 0.787. The first-order chi connectivity index (χ1) is 14.9. The SMILES string of the molecule is CCCCCCCC/C=C\CCCCCCCCC(CCCCC)c1ccccc1. The van der Waals surface area contributed by atoms with Crippen LogP contribution >= 0.6 is 0 Å². The molecule has 1 unspecified atom stereocenters. The number of allylic oxidation sites excluding steroid dienone is 2. The molecule has 0 amide bonds. The van der Waals surface area contributed by atoms with Crippen molar-refractivity contribution in [3.63, 3.8) is 0 Å². The summed E-state index contributed by atoms with van der Waals surface area (Å²) in [4.78, 5) is 0. The van der Waals surface area contributed by atoms with Gasteiger partial charge in [0.15, 0.2) is 0 Å². The van der Waals surface area contributed by atoms with Crippen molar-refractivity contribution in [1.29, 1.82) is 0 Å². The van der Waals surface area contributed by atoms with Crippen LogP contribution in [0, 0.1) is 0 Å². The van der Waals surface area contributed by atoms with E-state index in [2.05, 4.69) is 56.3 Å². The lowest BCUT2D eigenvalue weighted by atomic mass is 9.88. The van der Waals surface area contributed by atoms with E-state index in [-0.39, 0.29) is 0 Å². The third kappa shape index (κ3) is 15.8. The molecule has 1 rings (SSSR count). The second kappa shape index (κ2) is 21.2. The highest BCUT2D eigenvalue weighted by atomic mass is 14.2. The van der Waals surface area contributed by atoms with Crippen LogP contribution in [0.5, 0.6) is 0 Å². The molecular weight excluding hydrogens is 360 g/mol. The maximum atomic E-state index is 2.44. The summed E-state index contributed by atoms with van der Waals surface area (Å²) in [5.41, 5.74) is 1.57. The van der Waals surface area contributed by atoms with Crippen molar-refractivity contribution < 1.29 is 0 Å². The van der Waals surface area contributed by atoms with Gasteiger partial charge >= 0.3 is 0 Å². The van der Waals surface area contributed by atoms with Crippen LogP contribution in [0.25, 0.3) is 0 Å². The molecule has 0 saturated heterocycles. The molecule has 0 aliphatic carbocycles. The molecule has 0 aliphatic rings. The van der Waals surface area contributed by atoms with Crippen molar-refractivity contribution >= 4 is 0 Å². The zero-order valence-electron chi connectivity index (χ0n) is 20.6. The number of benzene rings is 1. The summed E-state index contributed by atoms with van der Waals surface area (Å²) < 4.78 is 0. The van der Waals surface area contributed by atoms with Gasteiger partial charge in [0.1, 0.15) is 0 Å². The third-order valence-corrected chi connectivity index (χ3v) is 6.49. The summed E-state index contributed by atoms with van der Waals surface area (Å²) in [6.45, 7) is 4.60. The lowest BCUT2D eigenvalue weighted by Gasteiger charge is -2.17. The molecule has 0 radical (unpaired) electrons. The van der Waals surface area contributed by atoms with Gasteiger partial charge in [-0.1, -0.05) is 140 Å². The fourth-order valence-electron chi connectivity index (χ4n) is 4.48. The van der Waals surface area contributed by atoms with Crippen molar-refractivity contribution in [2.75, 3.05) is 0 Å². The first-order valence-electron chi connectivity index (χ1n) is 13.6. The Bertz CT molecular complexity index is 472. The molecule has 1 atom stereocenters. The molecule has 30 heavy (non-hydrogen) atoms. The Kier molecular flexibility index (Phi) is 19.1. The molecule has 0 heteroatoms. The monoisotopic (exact) mass is 412 g/mol. The normalized spacial score (nSPS) is 12.6. The molecule has 0 nitrogen and oxygen atoms in total. The van der Waals surface area contributed by atoms with Crippen molar-refractivity contribution in [1.82, 2.24) is 0 Å². The number of rotatable bonds is 21. The molecule has 0 heterocycles. The zero-order valence-corrected chi connectivity index (χ0v) is 20.6. The van der Waals surface area contributed by atoms with Crippen molar-refractivity contribution in [3.8, 4) is 0 Å². The molecule has 0 aromatic heterocycles. The summed E-state index contributed by atoms with van der Waals surface area (Å²) in [6, 6.07) is 11.3. The predicted molar refractivity (Wildman–Crippen MR) is 137 cm³/mol. The van der Waals surface area contributed by atoms with Gasteiger partial charge in [0.25, 0.3) is 0 Å². The smallest absolute Gasteiger partial charge is 0.0162 e. The fourth-order valence-corrected chi connectivity index (χ4v) is 4.48. The van der Waals surface area contributed by atoms with Gasteiger partial charge in [-0.05, 0) is 50.0 Å². The summed E-state index contributed by atoms with van der Waals surface area (Å²) >= 11 is 0. The topological polar surface area (TPSA) is 0 Å². The minimum absolute atomic E-state index is 0.787. The van der Waals surface area contributed by atoms with Gasteiger partial charge in [-0.2, -0.15) is 0 Å². The van der Waals surface area contributed by atoms with Gasteiger partial charge < -0.3 is 0 Å². The molecule has 0 spiro atoms. The molecule has 0 aliphatic heterocycles. The minimum atomic E-state index is 0.787.